The van der Waals surface area contributed by atoms with E-state index in [1.807, 2.05) is 26.8 Å². The maximum Gasteiger partial charge on any atom is 0.337 e. The van der Waals surface area contributed by atoms with Gasteiger partial charge in [-0.15, -0.1) is 0 Å². The van der Waals surface area contributed by atoms with Crippen molar-refractivity contribution in [2.75, 3.05) is 11.8 Å². The number of sulfonamides is 1. The van der Waals surface area contributed by atoms with Crippen molar-refractivity contribution in [2.45, 2.75) is 32.1 Å². The molecule has 7 heteroatoms. The number of rotatable bonds is 6. The van der Waals surface area contributed by atoms with Gasteiger partial charge in [0, 0.05) is 0 Å². The van der Waals surface area contributed by atoms with E-state index in [4.69, 9.17) is 9.47 Å². The molecule has 0 radical (unpaired) electrons. The highest BCUT2D eigenvalue weighted by Crippen LogP contribution is 2.30. The van der Waals surface area contributed by atoms with Crippen LogP contribution >= 0.6 is 0 Å². The lowest BCUT2D eigenvalue weighted by Gasteiger charge is -2.24. The monoisotopic (exact) mass is 377 g/mol. The minimum atomic E-state index is -3.70. The van der Waals surface area contributed by atoms with Gasteiger partial charge in [-0.1, -0.05) is 30.3 Å². The average molecular weight is 377 g/mol. The SMILES string of the molecule is COC(=O)c1ccc(OC(C)(C)C)c(NS(=O)(=O)Cc2ccccc2)c1. The molecule has 6 nitrogen and oxygen atoms in total. The molecule has 2 aromatic rings. The standard InChI is InChI=1S/C19H23NO5S/c1-19(2,3)25-17-11-10-15(18(21)24-4)12-16(17)20-26(22,23)13-14-8-6-5-7-9-14/h5-12,20H,13H2,1-4H3. The van der Waals surface area contributed by atoms with Crippen molar-refractivity contribution in [1.82, 2.24) is 0 Å². The fourth-order valence-corrected chi connectivity index (χ4v) is 3.47. The van der Waals surface area contributed by atoms with Gasteiger partial charge in [-0.25, -0.2) is 13.2 Å². The Morgan fingerprint density at radius 1 is 1.08 bits per heavy atom. The summed E-state index contributed by atoms with van der Waals surface area (Å²) in [7, 11) is -2.43. The molecule has 0 spiro atoms. The van der Waals surface area contributed by atoms with E-state index in [1.54, 1.807) is 30.3 Å². The lowest BCUT2D eigenvalue weighted by Crippen LogP contribution is -2.24. The van der Waals surface area contributed by atoms with Crippen molar-refractivity contribution in [1.29, 1.82) is 0 Å². The lowest BCUT2D eigenvalue weighted by atomic mass is 10.1. The Labute approximate surface area is 154 Å². The Balaban J connectivity index is 2.36. The predicted octanol–water partition coefficient (Wildman–Crippen LogP) is 3.59. The lowest BCUT2D eigenvalue weighted by molar-refractivity contribution is 0.0600. The molecular weight excluding hydrogens is 354 g/mol. The summed E-state index contributed by atoms with van der Waals surface area (Å²) in [5.74, 6) is -0.414. The highest BCUT2D eigenvalue weighted by molar-refractivity contribution is 7.91. The predicted molar refractivity (Wildman–Crippen MR) is 101 cm³/mol. The minimum absolute atomic E-state index is 0.189. The fourth-order valence-electron chi connectivity index (χ4n) is 2.27. The van der Waals surface area contributed by atoms with Crippen LogP contribution in [0.4, 0.5) is 5.69 Å². The maximum absolute atomic E-state index is 12.6. The summed E-state index contributed by atoms with van der Waals surface area (Å²) in [6.45, 7) is 5.55. The van der Waals surface area contributed by atoms with Gasteiger partial charge in [-0.05, 0) is 44.5 Å². The van der Waals surface area contributed by atoms with Crippen LogP contribution in [0, 0.1) is 0 Å². The largest absolute Gasteiger partial charge is 0.486 e. The van der Waals surface area contributed by atoms with Gasteiger partial charge < -0.3 is 9.47 Å². The van der Waals surface area contributed by atoms with Crippen molar-refractivity contribution in [3.05, 3.63) is 59.7 Å². The first-order valence-electron chi connectivity index (χ1n) is 8.05. The number of carbonyl (C=O) groups is 1. The first-order valence-corrected chi connectivity index (χ1v) is 9.71. The third-order valence-electron chi connectivity index (χ3n) is 3.28. The molecule has 0 atom stereocenters. The van der Waals surface area contributed by atoms with E-state index >= 15 is 0 Å². The number of esters is 1. The minimum Gasteiger partial charge on any atom is -0.486 e. The maximum atomic E-state index is 12.6. The molecule has 2 aromatic carbocycles. The molecule has 0 amide bonds. The molecular formula is C19H23NO5S. The number of carbonyl (C=O) groups excluding carboxylic acids is 1. The number of hydrogen-bond acceptors (Lipinski definition) is 5. The van der Waals surface area contributed by atoms with Gasteiger partial charge in [0.2, 0.25) is 10.0 Å². The molecule has 0 aliphatic carbocycles. The van der Waals surface area contributed by atoms with Crippen LogP contribution in [0.5, 0.6) is 5.75 Å². The molecule has 0 unspecified atom stereocenters. The normalized spacial score (nSPS) is 11.7. The second-order valence-electron chi connectivity index (χ2n) is 6.76. The first kappa shape index (κ1) is 19.8. The van der Waals surface area contributed by atoms with Gasteiger partial charge in [-0.3, -0.25) is 4.72 Å². The summed E-state index contributed by atoms with van der Waals surface area (Å²) in [6.07, 6.45) is 0. The summed E-state index contributed by atoms with van der Waals surface area (Å²) < 4.78 is 38.1. The summed E-state index contributed by atoms with van der Waals surface area (Å²) in [5, 5.41) is 0. The number of hydrogen-bond donors (Lipinski definition) is 1. The van der Waals surface area contributed by atoms with Crippen LogP contribution in [0.15, 0.2) is 48.5 Å². The van der Waals surface area contributed by atoms with Gasteiger partial charge >= 0.3 is 5.97 Å². The van der Waals surface area contributed by atoms with Crippen molar-refractivity contribution in [2.24, 2.45) is 0 Å². The van der Waals surface area contributed by atoms with Crippen molar-refractivity contribution < 1.29 is 22.7 Å². The third-order valence-corrected chi connectivity index (χ3v) is 4.53. The number of anilines is 1. The van der Waals surface area contributed by atoms with E-state index in [2.05, 4.69) is 4.72 Å². The van der Waals surface area contributed by atoms with Crippen LogP contribution < -0.4 is 9.46 Å². The van der Waals surface area contributed by atoms with E-state index in [9.17, 15) is 13.2 Å². The Morgan fingerprint density at radius 3 is 2.31 bits per heavy atom. The molecule has 0 aliphatic rings. The van der Waals surface area contributed by atoms with Gasteiger partial charge in [0.05, 0.1) is 24.1 Å². The zero-order valence-corrected chi connectivity index (χ0v) is 16.1. The number of benzene rings is 2. The highest BCUT2D eigenvalue weighted by Gasteiger charge is 2.20. The smallest absolute Gasteiger partial charge is 0.337 e. The number of nitrogens with one attached hydrogen (secondary N) is 1. The Morgan fingerprint density at radius 2 is 1.73 bits per heavy atom. The van der Waals surface area contributed by atoms with Gasteiger partial charge in [0.25, 0.3) is 0 Å². The quantitative estimate of drug-likeness (QED) is 0.778. The molecule has 0 fully saturated rings. The van der Waals surface area contributed by atoms with Crippen LogP contribution in [-0.4, -0.2) is 27.1 Å². The summed E-state index contributed by atoms with van der Waals surface area (Å²) in [5.41, 5.74) is 0.541. The van der Waals surface area contributed by atoms with Crippen molar-refractivity contribution in [3.63, 3.8) is 0 Å². The van der Waals surface area contributed by atoms with Crippen LogP contribution in [0.3, 0.4) is 0 Å². The van der Waals surface area contributed by atoms with Crippen molar-refractivity contribution >= 4 is 21.7 Å². The van der Waals surface area contributed by atoms with E-state index in [-0.39, 0.29) is 17.0 Å². The topological polar surface area (TPSA) is 81.7 Å². The molecule has 0 bridgehead atoms. The molecule has 0 aliphatic heterocycles. The molecule has 1 N–H and O–H groups in total. The fraction of sp³-hybridized carbons (Fsp3) is 0.316. The second kappa shape index (κ2) is 7.78. The van der Waals surface area contributed by atoms with Gasteiger partial charge in [0.1, 0.15) is 11.4 Å². The van der Waals surface area contributed by atoms with E-state index in [1.165, 1.54) is 19.2 Å². The Kier molecular flexibility index (Phi) is 5.92. The summed E-state index contributed by atoms with van der Waals surface area (Å²) in [6, 6.07) is 13.3. The zero-order valence-electron chi connectivity index (χ0n) is 15.3. The molecule has 0 aromatic heterocycles. The Hall–Kier alpha value is -2.54. The van der Waals surface area contributed by atoms with Gasteiger partial charge in [0.15, 0.2) is 0 Å². The highest BCUT2D eigenvalue weighted by atomic mass is 32.2. The number of methoxy groups -OCH3 is 1. The van der Waals surface area contributed by atoms with Crippen LogP contribution in [0.1, 0.15) is 36.7 Å². The molecule has 26 heavy (non-hydrogen) atoms. The van der Waals surface area contributed by atoms with Crippen LogP contribution in [-0.2, 0) is 20.5 Å². The zero-order chi connectivity index (χ0) is 19.4. The van der Waals surface area contributed by atoms with E-state index in [0.717, 1.165) is 0 Å². The molecule has 140 valence electrons. The summed E-state index contributed by atoms with van der Waals surface area (Å²) in [4.78, 5) is 11.8. The number of ether oxygens (including phenoxy) is 2. The first-order chi connectivity index (χ1) is 12.1. The third kappa shape index (κ3) is 5.77. The van der Waals surface area contributed by atoms with Crippen molar-refractivity contribution in [3.8, 4) is 5.75 Å². The molecule has 0 saturated heterocycles. The summed E-state index contributed by atoms with van der Waals surface area (Å²) >= 11 is 0. The molecule has 0 heterocycles. The molecule has 0 saturated carbocycles. The van der Waals surface area contributed by atoms with E-state index in [0.29, 0.717) is 11.3 Å². The average Bonchev–Trinajstić information content (AvgIpc) is 2.54. The second-order valence-corrected chi connectivity index (χ2v) is 8.49. The Bertz CT molecular complexity index is 871. The van der Waals surface area contributed by atoms with Crippen LogP contribution in [0.25, 0.3) is 0 Å². The van der Waals surface area contributed by atoms with Crippen LogP contribution in [0.2, 0.25) is 0 Å². The van der Waals surface area contributed by atoms with Gasteiger partial charge in [-0.2, -0.15) is 0 Å². The van der Waals surface area contributed by atoms with E-state index < -0.39 is 21.6 Å². The molecule has 2 rings (SSSR count).